The fourth-order valence-corrected chi connectivity index (χ4v) is 5.54. The van der Waals surface area contributed by atoms with Gasteiger partial charge >= 0.3 is 5.97 Å². The van der Waals surface area contributed by atoms with E-state index in [1.165, 1.54) is 12.4 Å². The number of benzene rings is 1. The molecule has 1 amide bonds. The maximum absolute atomic E-state index is 14.0. The van der Waals surface area contributed by atoms with Gasteiger partial charge in [0.25, 0.3) is 5.91 Å². The maximum Gasteiger partial charge on any atom is 0.306 e. The normalized spacial score (nSPS) is 19.4. The van der Waals surface area contributed by atoms with Gasteiger partial charge in [-0.15, -0.1) is 0 Å². The number of carboxylic acids is 1. The molecule has 0 aliphatic heterocycles. The van der Waals surface area contributed by atoms with Crippen LogP contribution in [0.2, 0.25) is 10.0 Å². The maximum atomic E-state index is 14.0. The van der Waals surface area contributed by atoms with E-state index in [1.807, 2.05) is 0 Å². The lowest BCUT2D eigenvalue weighted by Crippen LogP contribution is -2.40. The highest BCUT2D eigenvalue weighted by atomic mass is 35.5. The first-order valence-corrected chi connectivity index (χ1v) is 13.6. The number of carboxylic acid groups (broad SMARTS) is 1. The minimum Gasteiger partial charge on any atom is -0.481 e. The second-order valence-corrected chi connectivity index (χ2v) is 10.9. The monoisotopic (exact) mass is 592 g/mol. The van der Waals surface area contributed by atoms with Crippen LogP contribution in [0.3, 0.4) is 0 Å². The third-order valence-electron chi connectivity index (χ3n) is 7.14. The molecule has 0 radical (unpaired) electrons. The fourth-order valence-electron chi connectivity index (χ4n) is 4.97. The number of nitrogens with one attached hydrogen (secondary N) is 2. The zero-order valence-electron chi connectivity index (χ0n) is 21.4. The van der Waals surface area contributed by atoms with Gasteiger partial charge in [-0.2, -0.15) is 0 Å². The second-order valence-electron chi connectivity index (χ2n) is 10.1. The summed E-state index contributed by atoms with van der Waals surface area (Å²) in [5.74, 6) is -4.19. The van der Waals surface area contributed by atoms with Crippen molar-refractivity contribution in [2.45, 2.75) is 51.1 Å². The zero-order chi connectivity index (χ0) is 29.0. The molecule has 0 spiro atoms. The molecule has 2 saturated carbocycles. The lowest BCUT2D eigenvalue weighted by atomic mass is 9.86. The highest BCUT2D eigenvalue weighted by molar-refractivity contribution is 6.39. The molecule has 0 atom stereocenters. The van der Waals surface area contributed by atoms with Gasteiger partial charge in [-0.1, -0.05) is 23.2 Å². The minimum absolute atomic E-state index is 0.00556. The van der Waals surface area contributed by atoms with E-state index in [0.717, 1.165) is 36.1 Å². The van der Waals surface area contributed by atoms with Crippen molar-refractivity contribution >= 4 is 47.1 Å². The molecular weight excluding hydrogens is 565 g/mol. The molecule has 0 bridgehead atoms. The van der Waals surface area contributed by atoms with Gasteiger partial charge in [0.2, 0.25) is 0 Å². The van der Waals surface area contributed by atoms with Crippen LogP contribution in [0.5, 0.6) is 0 Å². The molecule has 8 nitrogen and oxygen atoms in total. The van der Waals surface area contributed by atoms with Crippen LogP contribution in [0.25, 0.3) is 0 Å². The van der Waals surface area contributed by atoms with E-state index in [9.17, 15) is 28.3 Å². The first-order valence-electron chi connectivity index (χ1n) is 12.9. The van der Waals surface area contributed by atoms with Crippen molar-refractivity contribution in [3.63, 3.8) is 0 Å². The summed E-state index contributed by atoms with van der Waals surface area (Å²) in [6.07, 6.45) is 7.18. The Labute approximate surface area is 239 Å². The summed E-state index contributed by atoms with van der Waals surface area (Å²) in [6.45, 7) is -0.849. The predicted octanol–water partition coefficient (Wildman–Crippen LogP) is 5.42. The molecule has 1 heterocycles. The lowest BCUT2D eigenvalue weighted by molar-refractivity contribution is -0.142. The van der Waals surface area contributed by atoms with Crippen LogP contribution in [-0.4, -0.2) is 51.5 Å². The average Bonchev–Trinajstić information content (AvgIpc) is 3.73. The molecule has 2 aliphatic rings. The molecule has 2 fully saturated rings. The lowest BCUT2D eigenvalue weighted by Gasteiger charge is -2.30. The van der Waals surface area contributed by atoms with Crippen molar-refractivity contribution in [3.8, 4) is 0 Å². The summed E-state index contributed by atoms with van der Waals surface area (Å²) in [7, 11) is 0. The average molecular weight is 593 g/mol. The Morgan fingerprint density at radius 1 is 1.00 bits per heavy atom. The van der Waals surface area contributed by atoms with Gasteiger partial charge in [0.15, 0.2) is 5.78 Å². The van der Waals surface area contributed by atoms with Crippen LogP contribution < -0.4 is 5.32 Å². The van der Waals surface area contributed by atoms with Gasteiger partial charge in [0, 0.05) is 43.0 Å². The summed E-state index contributed by atoms with van der Waals surface area (Å²) in [5, 5.41) is 20.8. The number of carbonyl (C=O) groups is 3. The van der Waals surface area contributed by atoms with Crippen molar-refractivity contribution < 1.29 is 28.3 Å². The van der Waals surface area contributed by atoms with Crippen LogP contribution in [0.1, 0.15) is 54.4 Å². The van der Waals surface area contributed by atoms with Crippen LogP contribution in [-0.2, 0) is 16.1 Å². The highest BCUT2D eigenvalue weighted by Crippen LogP contribution is 2.38. The van der Waals surface area contributed by atoms with Crippen molar-refractivity contribution in [1.29, 1.82) is 5.41 Å². The summed E-state index contributed by atoms with van der Waals surface area (Å²) in [6, 6.07) is 2.76. The van der Waals surface area contributed by atoms with E-state index in [-0.39, 0.29) is 45.2 Å². The van der Waals surface area contributed by atoms with Gasteiger partial charge in [-0.25, -0.2) is 8.78 Å². The molecule has 2 aromatic rings. The summed E-state index contributed by atoms with van der Waals surface area (Å²) in [5.41, 5.74) is 0.654. The van der Waals surface area contributed by atoms with Gasteiger partial charge in [0.05, 0.1) is 33.6 Å². The number of pyridine rings is 1. The molecule has 1 aromatic carbocycles. The van der Waals surface area contributed by atoms with Crippen molar-refractivity contribution in [1.82, 2.24) is 15.2 Å². The van der Waals surface area contributed by atoms with Gasteiger partial charge < -0.3 is 20.7 Å². The first-order chi connectivity index (χ1) is 19.1. The Kier molecular flexibility index (Phi) is 9.52. The number of nitrogens with zero attached hydrogens (tertiary/aromatic N) is 2. The number of allylic oxidation sites excluding steroid dienone is 1. The number of rotatable bonds is 11. The van der Waals surface area contributed by atoms with Crippen molar-refractivity contribution in [2.24, 2.45) is 11.8 Å². The van der Waals surface area contributed by atoms with Gasteiger partial charge in [-0.3, -0.25) is 19.4 Å². The zero-order valence-corrected chi connectivity index (χ0v) is 22.9. The third-order valence-corrected chi connectivity index (χ3v) is 7.71. The molecular formula is C28H28Cl2F2N4O4. The standard InChI is InChI=1S/C28H28Cl2F2N4O4/c29-22-11-34-12-23(30)25(22)24(37)14-36(13-15-7-18(31)9-19(32)8-15)27(38)21(10-33)26(16-1-2-16)35-20-5-3-17(4-6-20)28(39)40/h7-12,16-17,20,33,35H,1-6,13-14H2,(H,39,40)/b26-21+,33-10?/t17-,20-. The topological polar surface area (TPSA) is 123 Å². The van der Waals surface area contributed by atoms with Crippen molar-refractivity contribution in [2.75, 3.05) is 6.54 Å². The van der Waals surface area contributed by atoms with Crippen molar-refractivity contribution in [3.05, 3.63) is 74.7 Å². The molecule has 4 rings (SSSR count). The SMILES string of the molecule is N=C/C(C(=O)N(CC(=O)c1c(Cl)cncc1Cl)Cc1cc(F)cc(F)c1)=C(\N[C@H]1CC[C@H](C(=O)O)CC1)C1CC1. The number of hydrogen-bond donors (Lipinski definition) is 3. The summed E-state index contributed by atoms with van der Waals surface area (Å²) in [4.78, 5) is 43.5. The van der Waals surface area contributed by atoms with Gasteiger partial charge in [-0.05, 0) is 62.1 Å². The first kappa shape index (κ1) is 29.6. The number of halogens is 4. The number of amides is 1. The molecule has 212 valence electrons. The predicted molar refractivity (Wildman–Crippen MR) is 145 cm³/mol. The van der Waals surface area contributed by atoms with E-state index in [4.69, 9.17) is 28.6 Å². The Hall–Kier alpha value is -3.37. The third kappa shape index (κ3) is 7.22. The smallest absolute Gasteiger partial charge is 0.306 e. The van der Waals surface area contributed by atoms with E-state index in [1.54, 1.807) is 0 Å². The molecule has 3 N–H and O–H groups in total. The fraction of sp³-hybridized carbons (Fsp3) is 0.393. The Morgan fingerprint density at radius 3 is 2.10 bits per heavy atom. The van der Waals surface area contributed by atoms with E-state index in [0.29, 0.717) is 37.4 Å². The van der Waals surface area contributed by atoms with E-state index in [2.05, 4.69) is 10.3 Å². The summed E-state index contributed by atoms with van der Waals surface area (Å²) < 4.78 is 27.9. The molecule has 1 aromatic heterocycles. The molecule has 0 unspecified atom stereocenters. The van der Waals surface area contributed by atoms with Gasteiger partial charge in [0.1, 0.15) is 11.6 Å². The van der Waals surface area contributed by atoms with E-state index < -0.39 is 41.8 Å². The Balaban J connectivity index is 1.65. The van der Waals surface area contributed by atoms with E-state index >= 15 is 0 Å². The van der Waals surface area contributed by atoms with Crippen LogP contribution in [0.15, 0.2) is 41.9 Å². The second kappa shape index (κ2) is 12.9. The molecule has 0 saturated heterocycles. The quantitative estimate of drug-likeness (QED) is 0.182. The molecule has 12 heteroatoms. The summed E-state index contributed by atoms with van der Waals surface area (Å²) >= 11 is 12.3. The number of hydrogen-bond acceptors (Lipinski definition) is 6. The Bertz CT molecular complexity index is 1320. The highest BCUT2D eigenvalue weighted by Gasteiger charge is 2.35. The number of Topliss-reactive ketones (excluding diaryl/α,β-unsaturated/α-hetero) is 1. The minimum atomic E-state index is -0.839. The van der Waals surface area contributed by atoms with Crippen LogP contribution >= 0.6 is 23.2 Å². The Morgan fingerprint density at radius 2 is 1.57 bits per heavy atom. The largest absolute Gasteiger partial charge is 0.481 e. The van der Waals surface area contributed by atoms with Crippen LogP contribution in [0.4, 0.5) is 8.78 Å². The van der Waals surface area contributed by atoms with Crippen LogP contribution in [0, 0.1) is 28.9 Å². The number of aromatic nitrogens is 1. The number of carbonyl (C=O) groups excluding carboxylic acids is 2. The molecule has 40 heavy (non-hydrogen) atoms. The number of aliphatic carboxylic acids is 1. The number of ketones is 1. The molecule has 2 aliphatic carbocycles.